The van der Waals surface area contributed by atoms with Crippen LogP contribution in [0.15, 0.2) is 60.7 Å². The van der Waals surface area contributed by atoms with Crippen LogP contribution in [0.3, 0.4) is 0 Å². The molecule has 0 atom stereocenters. The Morgan fingerprint density at radius 1 is 0.917 bits per heavy atom. The minimum atomic E-state index is -2.41. The molecule has 0 aromatic heterocycles. The summed E-state index contributed by atoms with van der Waals surface area (Å²) in [6.45, 7) is 7.20. The fraction of sp³-hybridized carbons (Fsp3) is 0.429. The second-order valence-corrected chi connectivity index (χ2v) is 12.2. The molecule has 0 amide bonds. The summed E-state index contributed by atoms with van der Waals surface area (Å²) in [5, 5.41) is 12.0. The molecule has 128 valence electrons. The summed E-state index contributed by atoms with van der Waals surface area (Å²) >= 11 is 0. The van der Waals surface area contributed by atoms with Gasteiger partial charge in [-0.1, -0.05) is 81.4 Å². The van der Waals surface area contributed by atoms with Gasteiger partial charge in [0, 0.05) is 12.7 Å². The second kappa shape index (κ2) is 6.83. The normalized spacial score (nSPS) is 21.3. The van der Waals surface area contributed by atoms with E-state index in [1.54, 1.807) is 0 Å². The summed E-state index contributed by atoms with van der Waals surface area (Å²) in [5.41, 5.74) is 0. The van der Waals surface area contributed by atoms with Crippen molar-refractivity contribution < 1.29 is 9.53 Å². The summed E-state index contributed by atoms with van der Waals surface area (Å²) < 4.78 is 6.97. The molecule has 3 heteroatoms. The average molecular weight is 341 g/mol. The van der Waals surface area contributed by atoms with Gasteiger partial charge in [0.25, 0.3) is 8.32 Å². The van der Waals surface area contributed by atoms with Gasteiger partial charge in [-0.25, -0.2) is 0 Å². The number of aliphatic hydroxyl groups excluding tert-OH is 1. The van der Waals surface area contributed by atoms with Crippen molar-refractivity contribution in [3.63, 3.8) is 0 Å². The van der Waals surface area contributed by atoms with Gasteiger partial charge in [-0.15, -0.1) is 0 Å². The molecule has 24 heavy (non-hydrogen) atoms. The van der Waals surface area contributed by atoms with Crippen molar-refractivity contribution in [2.75, 3.05) is 6.61 Å². The largest absolute Gasteiger partial charge is 0.404 e. The molecule has 0 unspecified atom stereocenters. The van der Waals surface area contributed by atoms with Gasteiger partial charge in [0.05, 0.1) is 0 Å². The average Bonchev–Trinajstić information content (AvgIpc) is 2.54. The lowest BCUT2D eigenvalue weighted by Crippen LogP contribution is -2.68. The number of rotatable bonds is 5. The first kappa shape index (κ1) is 17.4. The third kappa shape index (κ3) is 3.08. The monoisotopic (exact) mass is 340 g/mol. The predicted molar refractivity (Wildman–Crippen MR) is 102 cm³/mol. The van der Waals surface area contributed by atoms with Gasteiger partial charge >= 0.3 is 0 Å². The molecule has 0 heterocycles. The maximum absolute atomic E-state index is 9.35. The fourth-order valence-corrected chi connectivity index (χ4v) is 8.57. The van der Waals surface area contributed by atoms with E-state index >= 15 is 0 Å². The van der Waals surface area contributed by atoms with Crippen LogP contribution < -0.4 is 10.4 Å². The van der Waals surface area contributed by atoms with Gasteiger partial charge in [-0.2, -0.15) is 0 Å². The van der Waals surface area contributed by atoms with Crippen LogP contribution in [-0.4, -0.2) is 26.1 Å². The van der Waals surface area contributed by atoms with Crippen molar-refractivity contribution in [1.29, 1.82) is 0 Å². The van der Waals surface area contributed by atoms with E-state index in [0.29, 0.717) is 5.92 Å². The quantitative estimate of drug-likeness (QED) is 0.846. The van der Waals surface area contributed by atoms with E-state index < -0.39 is 8.32 Å². The zero-order chi connectivity index (χ0) is 17.2. The number of aliphatic hydroxyl groups is 1. The highest BCUT2D eigenvalue weighted by molar-refractivity contribution is 6.99. The summed E-state index contributed by atoms with van der Waals surface area (Å²) in [6, 6.07) is 21.5. The van der Waals surface area contributed by atoms with Crippen LogP contribution in [0.1, 0.15) is 33.6 Å². The molecule has 1 aliphatic rings. The summed E-state index contributed by atoms with van der Waals surface area (Å²) in [6.07, 6.45) is 2.20. The van der Waals surface area contributed by atoms with E-state index in [1.165, 1.54) is 10.4 Å². The van der Waals surface area contributed by atoms with Crippen molar-refractivity contribution in [2.24, 2.45) is 5.92 Å². The van der Waals surface area contributed by atoms with Crippen LogP contribution >= 0.6 is 0 Å². The first-order valence-corrected chi connectivity index (χ1v) is 10.8. The van der Waals surface area contributed by atoms with Gasteiger partial charge in [0.15, 0.2) is 0 Å². The first-order chi connectivity index (χ1) is 11.5. The Kier molecular flexibility index (Phi) is 4.95. The number of hydrogen-bond donors (Lipinski definition) is 1. The van der Waals surface area contributed by atoms with Crippen LogP contribution in [0.2, 0.25) is 5.04 Å². The Morgan fingerprint density at radius 2 is 1.38 bits per heavy atom. The Hall–Kier alpha value is -1.42. The molecule has 0 spiro atoms. The Bertz CT molecular complexity index is 603. The SMILES string of the molecule is CC(C)(C)[Si](OC1CC(CO)C1)(c1ccccc1)c1ccccc1. The summed E-state index contributed by atoms with van der Waals surface area (Å²) in [7, 11) is -2.41. The molecule has 1 fully saturated rings. The van der Waals surface area contributed by atoms with E-state index in [2.05, 4.69) is 81.4 Å². The number of hydrogen-bond acceptors (Lipinski definition) is 2. The zero-order valence-corrected chi connectivity index (χ0v) is 15.9. The van der Waals surface area contributed by atoms with Crippen LogP contribution in [0.25, 0.3) is 0 Å². The Labute approximate surface area is 146 Å². The molecule has 0 saturated heterocycles. The Morgan fingerprint density at radius 3 is 1.75 bits per heavy atom. The molecular weight excluding hydrogens is 312 g/mol. The maximum Gasteiger partial charge on any atom is 0.261 e. The van der Waals surface area contributed by atoms with Crippen LogP contribution in [0.4, 0.5) is 0 Å². The number of benzene rings is 2. The summed E-state index contributed by atoms with van der Waals surface area (Å²) in [5.74, 6) is 0.410. The van der Waals surface area contributed by atoms with Crippen molar-refractivity contribution in [3.8, 4) is 0 Å². The molecule has 1 aliphatic carbocycles. The summed E-state index contributed by atoms with van der Waals surface area (Å²) in [4.78, 5) is 0. The van der Waals surface area contributed by atoms with Crippen LogP contribution in [-0.2, 0) is 4.43 Å². The van der Waals surface area contributed by atoms with Gasteiger partial charge in [0.2, 0.25) is 0 Å². The molecule has 3 rings (SSSR count). The topological polar surface area (TPSA) is 29.5 Å². The van der Waals surface area contributed by atoms with Gasteiger partial charge < -0.3 is 9.53 Å². The lowest BCUT2D eigenvalue weighted by molar-refractivity contribution is 0.0258. The van der Waals surface area contributed by atoms with Crippen molar-refractivity contribution in [1.82, 2.24) is 0 Å². The highest BCUT2D eigenvalue weighted by atomic mass is 28.4. The molecule has 1 saturated carbocycles. The van der Waals surface area contributed by atoms with Crippen molar-refractivity contribution in [3.05, 3.63) is 60.7 Å². The van der Waals surface area contributed by atoms with E-state index in [-0.39, 0.29) is 17.7 Å². The van der Waals surface area contributed by atoms with Gasteiger partial charge in [-0.05, 0) is 34.2 Å². The zero-order valence-electron chi connectivity index (χ0n) is 14.9. The van der Waals surface area contributed by atoms with E-state index in [4.69, 9.17) is 4.43 Å². The van der Waals surface area contributed by atoms with E-state index in [9.17, 15) is 5.11 Å². The molecule has 0 aliphatic heterocycles. The van der Waals surface area contributed by atoms with Crippen molar-refractivity contribution >= 4 is 18.7 Å². The third-order valence-electron chi connectivity index (χ3n) is 5.21. The Balaban J connectivity index is 2.08. The second-order valence-electron chi connectivity index (χ2n) is 7.92. The van der Waals surface area contributed by atoms with E-state index in [0.717, 1.165) is 12.8 Å². The lowest BCUT2D eigenvalue weighted by Gasteiger charge is -2.48. The maximum atomic E-state index is 9.35. The molecule has 2 nitrogen and oxygen atoms in total. The smallest absolute Gasteiger partial charge is 0.261 e. The van der Waals surface area contributed by atoms with Crippen molar-refractivity contribution in [2.45, 2.75) is 44.8 Å². The van der Waals surface area contributed by atoms with Gasteiger partial charge in [-0.3, -0.25) is 0 Å². The fourth-order valence-electron chi connectivity index (χ4n) is 3.86. The highest BCUT2D eigenvalue weighted by Gasteiger charge is 2.52. The highest BCUT2D eigenvalue weighted by Crippen LogP contribution is 2.41. The molecule has 0 radical (unpaired) electrons. The standard InChI is InChI=1S/C21H28O2Si/c1-21(2,3)24(19-10-6-4-7-11-19,20-12-8-5-9-13-20)23-18-14-17(15-18)16-22/h4-13,17-18,22H,14-16H2,1-3H3. The third-order valence-corrected chi connectivity index (χ3v) is 10.3. The first-order valence-electron chi connectivity index (χ1n) is 8.87. The lowest BCUT2D eigenvalue weighted by atomic mass is 9.83. The minimum Gasteiger partial charge on any atom is -0.404 e. The predicted octanol–water partition coefficient (Wildman–Crippen LogP) is 3.33. The van der Waals surface area contributed by atoms with Crippen LogP contribution in [0, 0.1) is 5.92 Å². The molecular formula is C21H28O2Si. The molecule has 2 aromatic rings. The minimum absolute atomic E-state index is 0.0278. The van der Waals surface area contributed by atoms with Gasteiger partial charge in [0.1, 0.15) is 0 Å². The molecule has 1 N–H and O–H groups in total. The molecule has 2 aromatic carbocycles. The molecule has 0 bridgehead atoms. The van der Waals surface area contributed by atoms with E-state index in [1.807, 2.05) is 0 Å². The van der Waals surface area contributed by atoms with Crippen LogP contribution in [0.5, 0.6) is 0 Å².